The largest absolute Gasteiger partial charge is 0.399 e. The number of carbonyl (C=O) groups is 1. The quantitative estimate of drug-likeness (QED) is 0.763. The second-order valence-electron chi connectivity index (χ2n) is 4.34. The molecule has 1 amide bonds. The van der Waals surface area contributed by atoms with Crippen molar-refractivity contribution in [3.8, 4) is 0 Å². The number of nitrogens with two attached hydrogens (primary N) is 1. The van der Waals surface area contributed by atoms with Crippen LogP contribution in [-0.4, -0.2) is 26.2 Å². The average molecular weight is 236 g/mol. The Morgan fingerprint density at radius 2 is 2.24 bits per heavy atom. The molecule has 0 aliphatic carbocycles. The Morgan fingerprint density at radius 1 is 1.53 bits per heavy atom. The highest BCUT2D eigenvalue weighted by Crippen LogP contribution is 2.12. The molecular weight excluding hydrogens is 216 g/mol. The van der Waals surface area contributed by atoms with Crippen LogP contribution in [0.3, 0.4) is 0 Å². The van der Waals surface area contributed by atoms with Gasteiger partial charge in [0.15, 0.2) is 0 Å². The van der Waals surface area contributed by atoms with Crippen molar-refractivity contribution in [2.45, 2.75) is 13.8 Å². The Hall–Kier alpha value is -1.55. The Labute approximate surface area is 102 Å². The average Bonchev–Trinajstić information content (AvgIpc) is 2.26. The summed E-state index contributed by atoms with van der Waals surface area (Å²) in [6.07, 6.45) is 0. The van der Waals surface area contributed by atoms with E-state index in [9.17, 15) is 4.79 Å². The summed E-state index contributed by atoms with van der Waals surface area (Å²) in [4.78, 5) is 11.9. The van der Waals surface area contributed by atoms with E-state index >= 15 is 0 Å². The number of aryl methyl sites for hydroxylation is 1. The minimum atomic E-state index is -0.0644. The van der Waals surface area contributed by atoms with E-state index in [1.807, 2.05) is 13.8 Å². The fourth-order valence-corrected chi connectivity index (χ4v) is 1.65. The third kappa shape index (κ3) is 4.07. The topological polar surface area (TPSA) is 64.3 Å². The summed E-state index contributed by atoms with van der Waals surface area (Å²) in [5, 5.41) is 2.88. The van der Waals surface area contributed by atoms with Crippen LogP contribution in [0.2, 0.25) is 0 Å². The molecule has 0 fully saturated rings. The number of benzene rings is 1. The summed E-state index contributed by atoms with van der Waals surface area (Å²) in [7, 11) is 1.66. The summed E-state index contributed by atoms with van der Waals surface area (Å²) < 4.78 is 5.01. The maximum absolute atomic E-state index is 11.9. The maximum Gasteiger partial charge on any atom is 0.251 e. The van der Waals surface area contributed by atoms with Crippen molar-refractivity contribution >= 4 is 11.6 Å². The molecule has 0 saturated heterocycles. The fourth-order valence-electron chi connectivity index (χ4n) is 1.65. The fraction of sp³-hybridized carbons (Fsp3) is 0.462. The zero-order valence-electron chi connectivity index (χ0n) is 10.6. The minimum absolute atomic E-state index is 0.0644. The van der Waals surface area contributed by atoms with Gasteiger partial charge in [0.25, 0.3) is 5.91 Å². The Bertz CT molecular complexity index is 391. The molecule has 0 aliphatic heterocycles. The van der Waals surface area contributed by atoms with E-state index in [1.54, 1.807) is 25.3 Å². The van der Waals surface area contributed by atoms with Gasteiger partial charge in [0.1, 0.15) is 0 Å². The number of nitrogens with one attached hydrogen (secondary N) is 1. The number of hydrogen-bond acceptors (Lipinski definition) is 3. The van der Waals surface area contributed by atoms with Crippen LogP contribution in [0.4, 0.5) is 5.69 Å². The summed E-state index contributed by atoms with van der Waals surface area (Å²) in [6, 6.07) is 5.29. The Kier molecular flexibility index (Phi) is 4.97. The summed E-state index contributed by atoms with van der Waals surface area (Å²) in [5.74, 6) is 0.239. The number of methoxy groups -OCH3 is 1. The molecule has 0 radical (unpaired) electrons. The van der Waals surface area contributed by atoms with Crippen LogP contribution in [0.5, 0.6) is 0 Å². The zero-order chi connectivity index (χ0) is 12.8. The SMILES string of the molecule is COCC(C)CNC(=O)c1ccc(N)cc1C. The third-order valence-corrected chi connectivity index (χ3v) is 2.56. The lowest BCUT2D eigenvalue weighted by atomic mass is 10.1. The number of carbonyl (C=O) groups excluding carboxylic acids is 1. The predicted molar refractivity (Wildman–Crippen MR) is 69.0 cm³/mol. The molecule has 94 valence electrons. The molecule has 1 unspecified atom stereocenters. The zero-order valence-corrected chi connectivity index (χ0v) is 10.6. The molecule has 1 atom stereocenters. The van der Waals surface area contributed by atoms with Crippen LogP contribution < -0.4 is 11.1 Å². The highest BCUT2D eigenvalue weighted by atomic mass is 16.5. The van der Waals surface area contributed by atoms with Gasteiger partial charge in [-0.05, 0) is 36.6 Å². The van der Waals surface area contributed by atoms with Crippen molar-refractivity contribution in [1.82, 2.24) is 5.32 Å². The van der Waals surface area contributed by atoms with E-state index in [0.717, 1.165) is 5.56 Å². The first-order chi connectivity index (χ1) is 8.04. The lowest BCUT2D eigenvalue weighted by molar-refractivity contribution is 0.0933. The maximum atomic E-state index is 11.9. The Morgan fingerprint density at radius 3 is 2.82 bits per heavy atom. The molecule has 1 aromatic rings. The van der Waals surface area contributed by atoms with E-state index in [1.165, 1.54) is 0 Å². The number of hydrogen-bond donors (Lipinski definition) is 2. The molecule has 1 rings (SSSR count). The molecule has 1 aromatic carbocycles. The van der Waals surface area contributed by atoms with Gasteiger partial charge in [0.2, 0.25) is 0 Å². The van der Waals surface area contributed by atoms with Gasteiger partial charge in [-0.2, -0.15) is 0 Å². The van der Waals surface area contributed by atoms with Crippen LogP contribution in [-0.2, 0) is 4.74 Å². The summed E-state index contributed by atoms with van der Waals surface area (Å²) in [5.41, 5.74) is 7.87. The van der Waals surface area contributed by atoms with Gasteiger partial charge < -0.3 is 15.8 Å². The molecule has 0 saturated carbocycles. The van der Waals surface area contributed by atoms with E-state index in [4.69, 9.17) is 10.5 Å². The van der Waals surface area contributed by atoms with Crippen LogP contribution in [0.15, 0.2) is 18.2 Å². The second kappa shape index (κ2) is 6.25. The van der Waals surface area contributed by atoms with Gasteiger partial charge in [-0.25, -0.2) is 0 Å². The number of amides is 1. The van der Waals surface area contributed by atoms with Crippen molar-refractivity contribution in [2.24, 2.45) is 5.92 Å². The van der Waals surface area contributed by atoms with E-state index in [-0.39, 0.29) is 5.91 Å². The standard InChI is InChI=1S/C13H20N2O2/c1-9(8-17-3)7-15-13(16)12-5-4-11(14)6-10(12)2/h4-6,9H,7-8,14H2,1-3H3,(H,15,16). The molecular formula is C13H20N2O2. The van der Waals surface area contributed by atoms with Crippen molar-refractivity contribution in [3.63, 3.8) is 0 Å². The molecule has 4 heteroatoms. The van der Waals surface area contributed by atoms with Crippen molar-refractivity contribution in [2.75, 3.05) is 26.0 Å². The van der Waals surface area contributed by atoms with Crippen molar-refractivity contribution in [1.29, 1.82) is 0 Å². The van der Waals surface area contributed by atoms with Crippen LogP contribution in [0.25, 0.3) is 0 Å². The van der Waals surface area contributed by atoms with E-state index in [2.05, 4.69) is 5.32 Å². The molecule has 0 heterocycles. The summed E-state index contributed by atoms with van der Waals surface area (Å²) in [6.45, 7) is 5.15. The van der Waals surface area contributed by atoms with Crippen LogP contribution in [0, 0.1) is 12.8 Å². The monoisotopic (exact) mass is 236 g/mol. The molecule has 0 spiro atoms. The molecule has 0 bridgehead atoms. The lowest BCUT2D eigenvalue weighted by Crippen LogP contribution is -2.30. The predicted octanol–water partition coefficient (Wildman–Crippen LogP) is 1.59. The van der Waals surface area contributed by atoms with E-state index < -0.39 is 0 Å². The minimum Gasteiger partial charge on any atom is -0.399 e. The van der Waals surface area contributed by atoms with E-state index in [0.29, 0.717) is 30.3 Å². The molecule has 4 nitrogen and oxygen atoms in total. The van der Waals surface area contributed by atoms with Crippen molar-refractivity contribution in [3.05, 3.63) is 29.3 Å². The van der Waals surface area contributed by atoms with Gasteiger partial charge in [0, 0.05) is 24.9 Å². The summed E-state index contributed by atoms with van der Waals surface area (Å²) >= 11 is 0. The first-order valence-corrected chi connectivity index (χ1v) is 5.68. The lowest BCUT2D eigenvalue weighted by Gasteiger charge is -2.12. The van der Waals surface area contributed by atoms with Crippen LogP contribution in [0.1, 0.15) is 22.8 Å². The second-order valence-corrected chi connectivity index (χ2v) is 4.34. The smallest absolute Gasteiger partial charge is 0.251 e. The molecule has 0 aromatic heterocycles. The number of anilines is 1. The molecule has 3 N–H and O–H groups in total. The van der Waals surface area contributed by atoms with Gasteiger partial charge >= 0.3 is 0 Å². The number of ether oxygens (including phenoxy) is 1. The van der Waals surface area contributed by atoms with Gasteiger partial charge in [-0.3, -0.25) is 4.79 Å². The van der Waals surface area contributed by atoms with Gasteiger partial charge in [-0.1, -0.05) is 6.92 Å². The molecule has 17 heavy (non-hydrogen) atoms. The number of nitrogen functional groups attached to an aromatic ring is 1. The normalized spacial score (nSPS) is 12.2. The van der Waals surface area contributed by atoms with Crippen molar-refractivity contribution < 1.29 is 9.53 Å². The van der Waals surface area contributed by atoms with Crippen LogP contribution >= 0.6 is 0 Å². The highest BCUT2D eigenvalue weighted by molar-refractivity contribution is 5.95. The first-order valence-electron chi connectivity index (χ1n) is 5.68. The molecule has 0 aliphatic rings. The van der Waals surface area contributed by atoms with Gasteiger partial charge in [0.05, 0.1) is 6.61 Å². The third-order valence-electron chi connectivity index (χ3n) is 2.56. The first kappa shape index (κ1) is 13.5. The Balaban J connectivity index is 2.58. The number of rotatable bonds is 5. The highest BCUT2D eigenvalue weighted by Gasteiger charge is 2.10. The van der Waals surface area contributed by atoms with Gasteiger partial charge in [-0.15, -0.1) is 0 Å².